The number of aromatic nitrogens is 3. The van der Waals surface area contributed by atoms with Crippen LogP contribution in [0.15, 0.2) is 24.4 Å². The number of benzene rings is 1. The molecule has 0 amide bonds. The van der Waals surface area contributed by atoms with Gasteiger partial charge in [-0.1, -0.05) is 17.7 Å². The molecule has 2 aromatic heterocycles. The summed E-state index contributed by atoms with van der Waals surface area (Å²) in [6, 6.07) is 5.90. The molecule has 1 N–H and O–H groups in total. The fourth-order valence-electron chi connectivity index (χ4n) is 2.60. The van der Waals surface area contributed by atoms with Gasteiger partial charge in [0, 0.05) is 5.69 Å². The van der Waals surface area contributed by atoms with E-state index in [1.54, 1.807) is 12.3 Å². The highest BCUT2D eigenvalue weighted by Crippen LogP contribution is 2.28. The van der Waals surface area contributed by atoms with Crippen molar-refractivity contribution in [3.05, 3.63) is 47.2 Å². The third-order valence-electron chi connectivity index (χ3n) is 3.47. The number of nitrogens with zero attached hydrogens (tertiary/aromatic N) is 3. The van der Waals surface area contributed by atoms with E-state index in [4.69, 9.17) is 7.98 Å². The van der Waals surface area contributed by atoms with E-state index in [0.717, 1.165) is 16.8 Å². The van der Waals surface area contributed by atoms with Crippen LogP contribution in [0.3, 0.4) is 0 Å². The van der Waals surface area contributed by atoms with Crippen LogP contribution in [0.2, 0.25) is 0 Å². The van der Waals surface area contributed by atoms with Crippen molar-refractivity contribution in [3.63, 3.8) is 0 Å². The second-order valence-electron chi connectivity index (χ2n) is 5.20. The molecule has 0 saturated heterocycles. The van der Waals surface area contributed by atoms with E-state index in [2.05, 4.69) is 27.4 Å². The first kappa shape index (κ1) is 13.6. The first-order valence-electron chi connectivity index (χ1n) is 6.60. The maximum atomic E-state index is 13.6. The summed E-state index contributed by atoms with van der Waals surface area (Å²) in [5.41, 5.74) is 4.61. The van der Waals surface area contributed by atoms with Gasteiger partial charge in [0.15, 0.2) is 0 Å². The molecule has 0 bridgehead atoms. The quantitative estimate of drug-likeness (QED) is 0.579. The Kier molecular flexibility index (Phi) is 3.16. The Morgan fingerprint density at radius 2 is 1.81 bits per heavy atom. The lowest BCUT2D eigenvalue weighted by atomic mass is 10.1. The summed E-state index contributed by atoms with van der Waals surface area (Å²) in [7, 11) is 5.72. The Hall–Kier alpha value is -2.37. The summed E-state index contributed by atoms with van der Waals surface area (Å²) in [4.78, 5) is 7.57. The Bertz CT molecular complexity index is 818. The molecule has 0 aliphatic carbocycles. The molecule has 2 heterocycles. The normalized spacial score (nSPS) is 11.0. The summed E-state index contributed by atoms with van der Waals surface area (Å²) in [6.45, 7) is 6.05. The number of halogens is 1. The van der Waals surface area contributed by atoms with Gasteiger partial charge in [0.2, 0.25) is 7.98 Å². The standard InChI is InChI=1S/C15H14BFN4/c1-8-6-9(2)12(10(3)7-8)18-13-11-4-5-21(16)14(11)20-15(17)19-13/h4-7H,1-3H3,(H,18,19,20). The first-order chi connectivity index (χ1) is 9.95. The van der Waals surface area contributed by atoms with Crippen LogP contribution in [-0.2, 0) is 0 Å². The molecule has 0 unspecified atom stereocenters. The number of rotatable bonds is 2. The van der Waals surface area contributed by atoms with Crippen molar-refractivity contribution >= 4 is 30.5 Å². The van der Waals surface area contributed by atoms with Gasteiger partial charge in [-0.25, -0.2) is 0 Å². The molecule has 3 rings (SSSR count). The summed E-state index contributed by atoms with van der Waals surface area (Å²) in [5.74, 6) is 0.414. The first-order valence-corrected chi connectivity index (χ1v) is 6.60. The smallest absolute Gasteiger partial charge is 0.312 e. The third-order valence-corrected chi connectivity index (χ3v) is 3.47. The molecule has 21 heavy (non-hydrogen) atoms. The van der Waals surface area contributed by atoms with Crippen LogP contribution in [-0.4, -0.2) is 22.4 Å². The predicted octanol–water partition coefficient (Wildman–Crippen LogP) is 3.17. The van der Waals surface area contributed by atoms with Crippen LogP contribution < -0.4 is 5.32 Å². The predicted molar refractivity (Wildman–Crippen MR) is 82.6 cm³/mol. The van der Waals surface area contributed by atoms with E-state index in [-0.39, 0.29) is 0 Å². The van der Waals surface area contributed by atoms with Crippen LogP contribution in [0.5, 0.6) is 0 Å². The summed E-state index contributed by atoms with van der Waals surface area (Å²) in [5, 5.41) is 3.88. The summed E-state index contributed by atoms with van der Waals surface area (Å²) < 4.78 is 14.9. The topological polar surface area (TPSA) is 42.7 Å². The molecule has 6 heteroatoms. The van der Waals surface area contributed by atoms with Gasteiger partial charge >= 0.3 is 6.08 Å². The van der Waals surface area contributed by atoms with Crippen LogP contribution >= 0.6 is 0 Å². The van der Waals surface area contributed by atoms with Gasteiger partial charge in [0.1, 0.15) is 11.5 Å². The van der Waals surface area contributed by atoms with E-state index in [9.17, 15) is 4.39 Å². The minimum atomic E-state index is -0.808. The number of hydrogen-bond acceptors (Lipinski definition) is 3. The largest absolute Gasteiger partial charge is 0.388 e. The van der Waals surface area contributed by atoms with Crippen LogP contribution in [0.1, 0.15) is 16.7 Å². The average molecular weight is 280 g/mol. The molecule has 0 fully saturated rings. The highest BCUT2D eigenvalue weighted by atomic mass is 19.1. The van der Waals surface area contributed by atoms with Crippen LogP contribution in [0.25, 0.3) is 11.0 Å². The van der Waals surface area contributed by atoms with E-state index in [1.807, 2.05) is 20.8 Å². The maximum absolute atomic E-state index is 13.6. The molecule has 0 atom stereocenters. The maximum Gasteiger partial charge on any atom is 0.312 e. The molecular weight excluding hydrogens is 266 g/mol. The van der Waals surface area contributed by atoms with Gasteiger partial charge < -0.3 is 9.79 Å². The van der Waals surface area contributed by atoms with Crippen molar-refractivity contribution in [1.82, 2.24) is 14.4 Å². The van der Waals surface area contributed by atoms with Crippen molar-refractivity contribution in [1.29, 1.82) is 0 Å². The number of hydrogen-bond donors (Lipinski definition) is 1. The lowest BCUT2D eigenvalue weighted by Crippen LogP contribution is -2.03. The molecule has 0 aliphatic rings. The van der Waals surface area contributed by atoms with E-state index < -0.39 is 6.08 Å². The second kappa shape index (κ2) is 4.88. The lowest BCUT2D eigenvalue weighted by molar-refractivity contribution is 0.545. The number of aryl methyl sites for hydroxylation is 3. The van der Waals surface area contributed by atoms with Gasteiger partial charge in [-0.3, -0.25) is 0 Å². The van der Waals surface area contributed by atoms with E-state index in [1.165, 1.54) is 10.0 Å². The van der Waals surface area contributed by atoms with Crippen molar-refractivity contribution < 1.29 is 4.39 Å². The highest BCUT2D eigenvalue weighted by Gasteiger charge is 2.12. The molecule has 3 aromatic rings. The van der Waals surface area contributed by atoms with Crippen molar-refractivity contribution in [2.75, 3.05) is 5.32 Å². The summed E-state index contributed by atoms with van der Waals surface area (Å²) in [6.07, 6.45) is 0.816. The zero-order valence-corrected chi connectivity index (χ0v) is 12.1. The van der Waals surface area contributed by atoms with Crippen LogP contribution in [0.4, 0.5) is 15.9 Å². The molecule has 2 radical (unpaired) electrons. The number of fused-ring (bicyclic) bond motifs is 1. The Labute approximate surface area is 123 Å². The summed E-state index contributed by atoms with van der Waals surface area (Å²) >= 11 is 0. The SMILES string of the molecule is [B]n1ccc2c(Nc3c(C)cc(C)cc3C)nc(F)nc21. The Morgan fingerprint density at radius 1 is 1.14 bits per heavy atom. The van der Waals surface area contributed by atoms with Gasteiger partial charge in [0.25, 0.3) is 0 Å². The minimum absolute atomic E-state index is 0.354. The average Bonchev–Trinajstić information content (AvgIpc) is 2.75. The monoisotopic (exact) mass is 280 g/mol. The Balaban J connectivity index is 2.14. The molecule has 0 spiro atoms. The minimum Gasteiger partial charge on any atom is -0.388 e. The van der Waals surface area contributed by atoms with Gasteiger partial charge in [-0.05, 0) is 44.2 Å². The van der Waals surface area contributed by atoms with E-state index >= 15 is 0 Å². The Morgan fingerprint density at radius 3 is 2.48 bits per heavy atom. The fraction of sp³-hybridized carbons (Fsp3) is 0.200. The molecule has 0 saturated carbocycles. The van der Waals surface area contributed by atoms with E-state index in [0.29, 0.717) is 16.9 Å². The second-order valence-corrected chi connectivity index (χ2v) is 5.20. The van der Waals surface area contributed by atoms with Gasteiger partial charge in [-0.2, -0.15) is 14.4 Å². The lowest BCUT2D eigenvalue weighted by Gasteiger charge is -2.14. The number of anilines is 2. The zero-order chi connectivity index (χ0) is 15.1. The molecule has 1 aromatic carbocycles. The number of nitrogens with one attached hydrogen (secondary N) is 1. The third kappa shape index (κ3) is 2.37. The molecule has 4 nitrogen and oxygen atoms in total. The van der Waals surface area contributed by atoms with Crippen molar-refractivity contribution in [2.45, 2.75) is 20.8 Å². The van der Waals surface area contributed by atoms with Crippen molar-refractivity contribution in [2.24, 2.45) is 0 Å². The molecular formula is C15H14BFN4. The zero-order valence-electron chi connectivity index (χ0n) is 12.1. The fourth-order valence-corrected chi connectivity index (χ4v) is 2.60. The van der Waals surface area contributed by atoms with Crippen LogP contribution in [0, 0.1) is 26.8 Å². The van der Waals surface area contributed by atoms with Crippen molar-refractivity contribution in [3.8, 4) is 0 Å². The van der Waals surface area contributed by atoms with Gasteiger partial charge in [-0.15, -0.1) is 0 Å². The van der Waals surface area contributed by atoms with Gasteiger partial charge in [0.05, 0.1) is 5.39 Å². The molecule has 104 valence electrons. The highest BCUT2D eigenvalue weighted by molar-refractivity contribution is 6.11. The molecule has 0 aliphatic heterocycles.